The zero-order chi connectivity index (χ0) is 18.0. The summed E-state index contributed by atoms with van der Waals surface area (Å²) in [5.74, 6) is -0.365. The molecule has 2 N–H and O–H groups in total. The van der Waals surface area contributed by atoms with Crippen molar-refractivity contribution in [2.24, 2.45) is 5.73 Å². The minimum absolute atomic E-state index is 0.183. The number of carbonyl (C=O) groups is 2. The van der Waals surface area contributed by atoms with Gasteiger partial charge in [-0.05, 0) is 37.6 Å². The minimum atomic E-state index is -0.183. The summed E-state index contributed by atoms with van der Waals surface area (Å²) in [7, 11) is 3.92. The lowest BCUT2D eigenvalue weighted by molar-refractivity contribution is 0.0608. The van der Waals surface area contributed by atoms with Gasteiger partial charge in [-0.25, -0.2) is 0 Å². The number of anilines is 1. The Balaban J connectivity index is 1.94. The minimum Gasteiger partial charge on any atom is -0.377 e. The number of hydrogen-bond acceptors (Lipinski definition) is 4. The van der Waals surface area contributed by atoms with Crippen molar-refractivity contribution in [1.29, 1.82) is 0 Å². The Labute approximate surface area is 148 Å². The Bertz CT molecular complexity index is 792. The van der Waals surface area contributed by atoms with Crippen molar-refractivity contribution in [2.45, 2.75) is 25.7 Å². The first-order chi connectivity index (χ1) is 12.1. The molecule has 0 unspecified atom stereocenters. The van der Waals surface area contributed by atoms with Crippen LogP contribution in [0.3, 0.4) is 0 Å². The van der Waals surface area contributed by atoms with Crippen LogP contribution in [0.15, 0.2) is 30.3 Å². The number of benzene rings is 2. The molecule has 2 aromatic carbocycles. The molecule has 0 radical (unpaired) electrons. The second-order valence-corrected chi connectivity index (χ2v) is 6.72. The van der Waals surface area contributed by atoms with Crippen molar-refractivity contribution in [1.82, 2.24) is 4.90 Å². The Morgan fingerprint density at radius 2 is 1.60 bits per heavy atom. The van der Waals surface area contributed by atoms with Crippen LogP contribution in [0.25, 0.3) is 10.8 Å². The fourth-order valence-electron chi connectivity index (χ4n) is 3.49. The molecule has 1 aliphatic rings. The molecule has 0 saturated heterocycles. The molecule has 0 bridgehead atoms. The van der Waals surface area contributed by atoms with Crippen LogP contribution in [0.1, 0.15) is 46.4 Å². The summed E-state index contributed by atoms with van der Waals surface area (Å²) in [6, 6.07) is 9.48. The third kappa shape index (κ3) is 3.12. The molecular weight excluding hydrogens is 314 g/mol. The average Bonchev–Trinajstić information content (AvgIpc) is 2.61. The molecule has 2 aromatic rings. The van der Waals surface area contributed by atoms with E-state index in [-0.39, 0.29) is 11.8 Å². The molecule has 1 aliphatic heterocycles. The van der Waals surface area contributed by atoms with Crippen LogP contribution in [-0.2, 0) is 0 Å². The lowest BCUT2D eigenvalue weighted by Gasteiger charge is -2.28. The van der Waals surface area contributed by atoms with Gasteiger partial charge in [0.25, 0.3) is 11.8 Å². The van der Waals surface area contributed by atoms with Gasteiger partial charge in [-0.2, -0.15) is 0 Å². The number of carbonyl (C=O) groups excluding carboxylic acids is 2. The van der Waals surface area contributed by atoms with Gasteiger partial charge in [0.15, 0.2) is 0 Å². The van der Waals surface area contributed by atoms with Gasteiger partial charge in [0, 0.05) is 48.2 Å². The van der Waals surface area contributed by atoms with E-state index in [2.05, 4.69) is 0 Å². The highest BCUT2D eigenvalue weighted by molar-refractivity contribution is 6.26. The summed E-state index contributed by atoms with van der Waals surface area (Å²) < 4.78 is 0. The Morgan fingerprint density at radius 1 is 0.920 bits per heavy atom. The molecular formula is C20H25N3O2. The van der Waals surface area contributed by atoms with Crippen LogP contribution < -0.4 is 10.6 Å². The van der Waals surface area contributed by atoms with Crippen LogP contribution in [0.4, 0.5) is 5.69 Å². The second-order valence-electron chi connectivity index (χ2n) is 6.72. The molecule has 0 fully saturated rings. The standard InChI is InChI=1S/C20H25N3O2/c1-22(2)17-11-10-16-18-14(17)8-7-9-15(18)19(24)23(20(16)25)13-6-4-3-5-12-21/h7-11H,3-6,12-13,21H2,1-2H3. The van der Waals surface area contributed by atoms with E-state index in [0.717, 1.165) is 42.1 Å². The molecule has 0 atom stereocenters. The van der Waals surface area contributed by atoms with Gasteiger partial charge in [-0.3, -0.25) is 14.5 Å². The van der Waals surface area contributed by atoms with Crippen molar-refractivity contribution in [2.75, 3.05) is 32.1 Å². The highest BCUT2D eigenvalue weighted by Crippen LogP contribution is 2.35. The normalized spacial score (nSPS) is 13.6. The number of unbranched alkanes of at least 4 members (excludes halogenated alkanes) is 3. The van der Waals surface area contributed by atoms with Crippen LogP contribution in [0.2, 0.25) is 0 Å². The quantitative estimate of drug-likeness (QED) is 0.622. The summed E-state index contributed by atoms with van der Waals surface area (Å²) in [6.45, 7) is 1.15. The third-order valence-electron chi connectivity index (χ3n) is 4.79. The fourth-order valence-corrected chi connectivity index (χ4v) is 3.49. The lowest BCUT2D eigenvalue weighted by Crippen LogP contribution is -2.41. The number of nitrogens with two attached hydrogens (primary N) is 1. The molecule has 1 heterocycles. The molecule has 0 spiro atoms. The summed E-state index contributed by atoms with van der Waals surface area (Å²) in [5.41, 5.74) is 7.76. The molecule has 5 heteroatoms. The molecule has 0 saturated carbocycles. The average molecular weight is 339 g/mol. The predicted octanol–water partition coefficient (Wildman–Crippen LogP) is 3.02. The first kappa shape index (κ1) is 17.4. The van der Waals surface area contributed by atoms with Gasteiger partial charge in [0.1, 0.15) is 0 Å². The Hall–Kier alpha value is -2.40. The Kier molecular flexibility index (Phi) is 5.04. The summed E-state index contributed by atoms with van der Waals surface area (Å²) >= 11 is 0. The molecule has 0 aliphatic carbocycles. The second kappa shape index (κ2) is 7.23. The number of hydrogen-bond donors (Lipinski definition) is 1. The maximum absolute atomic E-state index is 12.9. The lowest BCUT2D eigenvalue weighted by atomic mass is 9.92. The van der Waals surface area contributed by atoms with Gasteiger partial charge in [-0.1, -0.05) is 25.0 Å². The van der Waals surface area contributed by atoms with Gasteiger partial charge < -0.3 is 10.6 Å². The van der Waals surface area contributed by atoms with Crippen molar-refractivity contribution < 1.29 is 9.59 Å². The zero-order valence-corrected chi connectivity index (χ0v) is 14.9. The molecule has 0 aromatic heterocycles. The van der Waals surface area contributed by atoms with E-state index in [1.165, 1.54) is 4.90 Å². The van der Waals surface area contributed by atoms with Crippen LogP contribution in [0, 0.1) is 0 Å². The van der Waals surface area contributed by atoms with E-state index in [1.54, 1.807) is 0 Å². The summed E-state index contributed by atoms with van der Waals surface area (Å²) in [4.78, 5) is 29.2. The van der Waals surface area contributed by atoms with Crippen molar-refractivity contribution >= 4 is 28.3 Å². The van der Waals surface area contributed by atoms with Crippen LogP contribution in [-0.4, -0.2) is 43.9 Å². The topological polar surface area (TPSA) is 66.6 Å². The SMILES string of the molecule is CN(C)c1ccc2c3c(cccc13)C(=O)N(CCCCCCN)C2=O. The fraction of sp³-hybridized carbons (Fsp3) is 0.400. The molecule has 132 valence electrons. The summed E-state index contributed by atoms with van der Waals surface area (Å²) in [6.07, 6.45) is 3.81. The van der Waals surface area contributed by atoms with Crippen molar-refractivity contribution in [3.05, 3.63) is 41.5 Å². The molecule has 25 heavy (non-hydrogen) atoms. The monoisotopic (exact) mass is 339 g/mol. The van der Waals surface area contributed by atoms with E-state index in [1.807, 2.05) is 49.3 Å². The maximum atomic E-state index is 12.9. The highest BCUT2D eigenvalue weighted by Gasteiger charge is 2.32. The number of nitrogens with zero attached hydrogens (tertiary/aromatic N) is 2. The molecule has 2 amide bonds. The number of rotatable bonds is 7. The van der Waals surface area contributed by atoms with Crippen LogP contribution in [0.5, 0.6) is 0 Å². The summed E-state index contributed by atoms with van der Waals surface area (Å²) in [5, 5.41) is 1.73. The van der Waals surface area contributed by atoms with E-state index >= 15 is 0 Å². The molecule has 3 rings (SSSR count). The van der Waals surface area contributed by atoms with E-state index in [0.29, 0.717) is 24.2 Å². The zero-order valence-electron chi connectivity index (χ0n) is 14.9. The first-order valence-electron chi connectivity index (χ1n) is 8.85. The molecule has 5 nitrogen and oxygen atoms in total. The number of imide groups is 1. The Morgan fingerprint density at radius 3 is 2.28 bits per heavy atom. The van der Waals surface area contributed by atoms with Gasteiger partial charge >= 0.3 is 0 Å². The third-order valence-corrected chi connectivity index (χ3v) is 4.79. The van der Waals surface area contributed by atoms with Crippen molar-refractivity contribution in [3.63, 3.8) is 0 Å². The van der Waals surface area contributed by atoms with E-state index in [9.17, 15) is 9.59 Å². The van der Waals surface area contributed by atoms with Gasteiger partial charge in [-0.15, -0.1) is 0 Å². The van der Waals surface area contributed by atoms with Gasteiger partial charge in [0.2, 0.25) is 0 Å². The van der Waals surface area contributed by atoms with Gasteiger partial charge in [0.05, 0.1) is 0 Å². The predicted molar refractivity (Wildman–Crippen MR) is 101 cm³/mol. The van der Waals surface area contributed by atoms with E-state index in [4.69, 9.17) is 5.73 Å². The smallest absolute Gasteiger partial charge is 0.261 e. The largest absolute Gasteiger partial charge is 0.377 e. The highest BCUT2D eigenvalue weighted by atomic mass is 16.2. The number of amides is 2. The van der Waals surface area contributed by atoms with E-state index < -0.39 is 0 Å². The van der Waals surface area contributed by atoms with Crippen LogP contribution >= 0.6 is 0 Å². The first-order valence-corrected chi connectivity index (χ1v) is 8.85. The van der Waals surface area contributed by atoms with Crippen molar-refractivity contribution in [3.8, 4) is 0 Å². The maximum Gasteiger partial charge on any atom is 0.261 e.